The fraction of sp³-hybridized carbons (Fsp3) is 0.750. The van der Waals surface area contributed by atoms with Gasteiger partial charge in [0.2, 0.25) is 0 Å². The second-order valence-electron chi connectivity index (χ2n) is 0.816. The molecule has 0 aliphatic carbocycles. The molecule has 0 aromatic heterocycles. The van der Waals surface area contributed by atoms with Crippen LogP contribution in [-0.4, -0.2) is 0 Å². The summed E-state index contributed by atoms with van der Waals surface area (Å²) in [6, 6.07) is 0. The Morgan fingerprint density at radius 1 is 1.60 bits per heavy atom. The van der Waals surface area contributed by atoms with Gasteiger partial charge in [-0.25, -0.2) is 0 Å². The normalized spacial score (nSPS) is 6.00. The number of rotatable bonds is 1. The summed E-state index contributed by atoms with van der Waals surface area (Å²) in [7, 11) is 0. The summed E-state index contributed by atoms with van der Waals surface area (Å²) in [5.74, 6) is 0. The van der Waals surface area contributed by atoms with E-state index in [1.54, 1.807) is 0 Å². The van der Waals surface area contributed by atoms with Crippen molar-refractivity contribution in [3.05, 3.63) is 6.42 Å². The topological polar surface area (TPSA) is 0 Å². The minimum atomic E-state index is 0. The quantitative estimate of drug-likeness (QED) is 0.447. The molecule has 0 bridgehead atoms. The van der Waals surface area contributed by atoms with Crippen LogP contribution in [0.1, 0.15) is 20.3 Å². The van der Waals surface area contributed by atoms with Crippen molar-refractivity contribution in [3.63, 3.8) is 0 Å². The maximum Gasteiger partial charge on any atom is 1.00 e. The van der Waals surface area contributed by atoms with Gasteiger partial charge in [-0.05, 0) is 0 Å². The molecule has 0 heterocycles. The van der Waals surface area contributed by atoms with E-state index in [4.69, 9.17) is 0 Å². The molecule has 0 fully saturated rings. The van der Waals surface area contributed by atoms with Crippen LogP contribution in [0.3, 0.4) is 0 Å². The van der Waals surface area contributed by atoms with E-state index in [-0.39, 0.29) is 68.9 Å². The van der Waals surface area contributed by atoms with Crippen LogP contribution in [0.2, 0.25) is 0 Å². The number of hydrogen-bond acceptors (Lipinski definition) is 0. The average molecular weight is 190 g/mol. The van der Waals surface area contributed by atoms with Crippen LogP contribution in [0.4, 0.5) is 0 Å². The van der Waals surface area contributed by atoms with Gasteiger partial charge in [-0.2, -0.15) is 13.3 Å². The number of hydrogen-bond donors (Lipinski definition) is 0. The predicted molar refractivity (Wildman–Crippen MR) is 20.3 cm³/mol. The third kappa shape index (κ3) is 10.7. The summed E-state index contributed by atoms with van der Waals surface area (Å²) in [4.78, 5) is 0. The molecule has 0 unspecified atom stereocenters. The summed E-state index contributed by atoms with van der Waals surface area (Å²) in [6.45, 7) is 4.18. The third-order valence-electron chi connectivity index (χ3n) is 0.408. The van der Waals surface area contributed by atoms with E-state index in [0.29, 0.717) is 0 Å². The molecule has 0 aromatic rings. The first-order valence-corrected chi connectivity index (χ1v) is 1.69. The molecule has 0 saturated carbocycles. The van der Waals surface area contributed by atoms with E-state index in [2.05, 4.69) is 20.3 Å². The zero-order valence-electron chi connectivity index (χ0n) is 4.28. The average Bonchev–Trinajstić information content (AvgIpc) is 1.37. The van der Waals surface area contributed by atoms with Crippen LogP contribution in [0, 0.1) is 6.42 Å². The van der Waals surface area contributed by atoms with Crippen molar-refractivity contribution >= 4 is 0 Å². The molecule has 0 rings (SSSR count). The van der Waals surface area contributed by atoms with Crippen molar-refractivity contribution in [2.24, 2.45) is 0 Å². The molecule has 0 nitrogen and oxygen atoms in total. The van der Waals surface area contributed by atoms with Gasteiger partial charge >= 0.3 is 68.9 Å². The van der Waals surface area contributed by atoms with Crippen LogP contribution in [0.5, 0.6) is 0 Å². The first kappa shape index (κ1) is 10.1. The number of unbranched alkanes of at least 4 members (excludes halogenated alkanes) is 1. The Bertz CT molecular complexity index is 5.61. The fourth-order valence-corrected chi connectivity index (χ4v) is 0. The Morgan fingerprint density at radius 3 is 1.80 bits per heavy atom. The van der Waals surface area contributed by atoms with Gasteiger partial charge in [-0.3, -0.25) is 0 Å². The van der Waals surface area contributed by atoms with Crippen LogP contribution >= 0.6 is 0 Å². The fourth-order valence-electron chi connectivity index (χ4n) is 0. The summed E-state index contributed by atoms with van der Waals surface area (Å²) >= 11 is 0. The van der Waals surface area contributed by atoms with Crippen LogP contribution < -0.4 is 68.9 Å². The van der Waals surface area contributed by atoms with Crippen molar-refractivity contribution < 1.29 is 68.9 Å². The van der Waals surface area contributed by atoms with Gasteiger partial charge in [0.15, 0.2) is 0 Å². The molecule has 0 atom stereocenters. The first-order valence-electron chi connectivity index (χ1n) is 1.69. The van der Waals surface area contributed by atoms with Crippen molar-refractivity contribution in [2.45, 2.75) is 20.3 Å². The van der Waals surface area contributed by atoms with E-state index >= 15 is 0 Å². The Hall–Kier alpha value is 2.05. The van der Waals surface area contributed by atoms with E-state index in [9.17, 15) is 0 Å². The van der Waals surface area contributed by atoms with Crippen LogP contribution in [-0.2, 0) is 0 Å². The van der Waals surface area contributed by atoms with E-state index in [0.717, 1.165) is 0 Å². The molecule has 1 heteroatoms. The molecular formula is C4H9Cs. The second-order valence-corrected chi connectivity index (χ2v) is 0.816. The Kier molecular flexibility index (Phi) is 19.0. The van der Waals surface area contributed by atoms with Crippen LogP contribution in [0.25, 0.3) is 0 Å². The standard InChI is InChI=1S/C4H9.Cs/c1-3-4-2;/h3H,4H2,1-2H3;/q-1;+1. The largest absolute Gasteiger partial charge is 1.00 e. The molecule has 5 heavy (non-hydrogen) atoms. The first-order chi connectivity index (χ1) is 1.91. The van der Waals surface area contributed by atoms with Crippen molar-refractivity contribution in [2.75, 3.05) is 0 Å². The van der Waals surface area contributed by atoms with Crippen molar-refractivity contribution in [1.82, 2.24) is 0 Å². The molecular weight excluding hydrogens is 181 g/mol. The molecule has 0 amide bonds. The molecule has 0 N–H and O–H groups in total. The summed E-state index contributed by atoms with van der Waals surface area (Å²) in [5.41, 5.74) is 0. The Balaban J connectivity index is 0. The summed E-state index contributed by atoms with van der Waals surface area (Å²) in [6.07, 6.45) is 3.32. The predicted octanol–water partition coefficient (Wildman–Crippen LogP) is -1.38. The molecule has 0 aliphatic heterocycles. The monoisotopic (exact) mass is 190 g/mol. The van der Waals surface area contributed by atoms with Gasteiger partial charge in [-0.15, -0.1) is 0 Å². The second kappa shape index (κ2) is 9.41. The van der Waals surface area contributed by atoms with Gasteiger partial charge in [0.05, 0.1) is 0 Å². The minimum absolute atomic E-state index is 0. The zero-order chi connectivity index (χ0) is 3.41. The van der Waals surface area contributed by atoms with Gasteiger partial charge in [0, 0.05) is 0 Å². The molecule has 26 valence electrons. The molecule has 0 spiro atoms. The maximum absolute atomic E-state index is 2.12. The van der Waals surface area contributed by atoms with E-state index in [1.807, 2.05) is 0 Å². The Labute approximate surface area is 93.1 Å². The smallest absolute Gasteiger partial charge is 0.332 e. The van der Waals surface area contributed by atoms with Gasteiger partial charge < -0.3 is 6.42 Å². The maximum atomic E-state index is 2.12. The van der Waals surface area contributed by atoms with Crippen LogP contribution in [0.15, 0.2) is 0 Å². The van der Waals surface area contributed by atoms with Gasteiger partial charge in [-0.1, -0.05) is 6.92 Å². The van der Waals surface area contributed by atoms with Gasteiger partial charge in [0.1, 0.15) is 0 Å². The molecule has 0 aromatic carbocycles. The zero-order valence-corrected chi connectivity index (χ0v) is 10.6. The SMILES string of the molecule is C[CH-]CC.[Cs+]. The third-order valence-corrected chi connectivity index (χ3v) is 0.408. The van der Waals surface area contributed by atoms with Crippen molar-refractivity contribution in [3.8, 4) is 0 Å². The minimum Gasteiger partial charge on any atom is -0.332 e. The van der Waals surface area contributed by atoms with E-state index < -0.39 is 0 Å². The molecule has 0 radical (unpaired) electrons. The van der Waals surface area contributed by atoms with Gasteiger partial charge in [0.25, 0.3) is 0 Å². The van der Waals surface area contributed by atoms with E-state index in [1.165, 1.54) is 6.42 Å². The molecule has 0 aliphatic rings. The summed E-state index contributed by atoms with van der Waals surface area (Å²) < 4.78 is 0. The van der Waals surface area contributed by atoms with Crippen molar-refractivity contribution in [1.29, 1.82) is 0 Å². The summed E-state index contributed by atoms with van der Waals surface area (Å²) in [5, 5.41) is 0. The molecule has 0 saturated heterocycles. The Morgan fingerprint density at radius 2 is 1.80 bits per heavy atom.